The molecule has 58 heavy (non-hydrogen) atoms. The van der Waals surface area contributed by atoms with Crippen molar-refractivity contribution in [3.05, 3.63) is 150 Å². The SMILES string of the molecule is CC(C)=CCC/C(C)=C/COc1cc(O)c2c(c1)[C@@H]([C@@H]1c3cc(C)cc(O)c3C(=O)c3c1cc(O)c(C/C=C(\C)CCC=C(C)C)c3O)c1cc(C)cc(O)c1C2=O. The molecule has 0 fully saturated rings. The van der Waals surface area contributed by atoms with E-state index in [0.29, 0.717) is 33.6 Å². The zero-order valence-corrected chi connectivity index (χ0v) is 34.7. The van der Waals surface area contributed by atoms with Gasteiger partial charge in [-0.2, -0.15) is 0 Å². The van der Waals surface area contributed by atoms with Crippen molar-refractivity contribution in [2.24, 2.45) is 0 Å². The number of benzene rings is 4. The van der Waals surface area contributed by atoms with Gasteiger partial charge in [-0.25, -0.2) is 0 Å². The molecule has 0 saturated carbocycles. The summed E-state index contributed by atoms with van der Waals surface area (Å²) in [5, 5.41) is 58.1. The molecule has 8 nitrogen and oxygen atoms in total. The fraction of sp³-hybridized carbons (Fsp3) is 0.320. The molecular weight excluding hydrogens is 729 g/mol. The summed E-state index contributed by atoms with van der Waals surface area (Å²) in [5.41, 5.74) is 7.53. The van der Waals surface area contributed by atoms with Crippen LogP contribution in [0.15, 0.2) is 89.1 Å². The average Bonchev–Trinajstić information content (AvgIpc) is 3.11. The molecule has 0 spiro atoms. The number of phenols is 5. The summed E-state index contributed by atoms with van der Waals surface area (Å²) in [5.74, 6) is -4.15. The Hall–Kier alpha value is -6.02. The number of carbonyl (C=O) groups is 2. The van der Waals surface area contributed by atoms with Gasteiger partial charge in [-0.3, -0.25) is 9.59 Å². The van der Waals surface area contributed by atoms with E-state index in [1.54, 1.807) is 32.0 Å². The third-order valence-electron chi connectivity index (χ3n) is 11.2. The van der Waals surface area contributed by atoms with Gasteiger partial charge in [0.05, 0.1) is 22.3 Å². The molecule has 8 heteroatoms. The zero-order valence-electron chi connectivity index (χ0n) is 34.7. The summed E-state index contributed by atoms with van der Waals surface area (Å²) in [6, 6.07) is 11.1. The molecule has 0 aliphatic heterocycles. The second-order valence-corrected chi connectivity index (χ2v) is 16.5. The molecule has 0 amide bonds. The van der Waals surface area contributed by atoms with Crippen LogP contribution in [0.4, 0.5) is 0 Å². The van der Waals surface area contributed by atoms with Crippen LogP contribution in [0.25, 0.3) is 0 Å². The molecular formula is C50H54O8. The molecule has 0 radical (unpaired) electrons. The second-order valence-electron chi connectivity index (χ2n) is 16.5. The van der Waals surface area contributed by atoms with Gasteiger partial charge in [-0.05, 0) is 151 Å². The Morgan fingerprint density at radius 1 is 0.552 bits per heavy atom. The van der Waals surface area contributed by atoms with Crippen molar-refractivity contribution in [3.63, 3.8) is 0 Å². The number of hydrogen-bond acceptors (Lipinski definition) is 8. The molecule has 302 valence electrons. The quantitative estimate of drug-likeness (QED) is 0.0893. The van der Waals surface area contributed by atoms with Crippen LogP contribution in [-0.4, -0.2) is 43.7 Å². The van der Waals surface area contributed by atoms with Crippen molar-refractivity contribution < 1.29 is 39.9 Å². The van der Waals surface area contributed by atoms with Crippen molar-refractivity contribution in [3.8, 4) is 34.5 Å². The van der Waals surface area contributed by atoms with Crippen molar-refractivity contribution >= 4 is 11.6 Å². The molecule has 0 heterocycles. The molecule has 4 aromatic carbocycles. The number of ether oxygens (including phenoxy) is 1. The maximum absolute atomic E-state index is 14.5. The topological polar surface area (TPSA) is 145 Å². The Morgan fingerprint density at radius 2 is 1.00 bits per heavy atom. The van der Waals surface area contributed by atoms with E-state index in [1.807, 2.05) is 39.8 Å². The number of hydrogen-bond donors (Lipinski definition) is 5. The monoisotopic (exact) mass is 782 g/mol. The van der Waals surface area contributed by atoms with E-state index in [9.17, 15) is 35.1 Å². The number of carbonyl (C=O) groups excluding carboxylic acids is 2. The lowest BCUT2D eigenvalue weighted by Gasteiger charge is -2.39. The molecule has 0 bridgehead atoms. The Kier molecular flexibility index (Phi) is 12.1. The number of allylic oxidation sites excluding steroid dienone is 7. The second kappa shape index (κ2) is 16.8. The van der Waals surface area contributed by atoms with Crippen LogP contribution in [0.5, 0.6) is 34.5 Å². The molecule has 0 saturated heterocycles. The fourth-order valence-corrected chi connectivity index (χ4v) is 8.41. The highest BCUT2D eigenvalue weighted by atomic mass is 16.5. The number of fused-ring (bicyclic) bond motifs is 4. The minimum Gasteiger partial charge on any atom is -0.508 e. The van der Waals surface area contributed by atoms with Crippen LogP contribution in [0.2, 0.25) is 0 Å². The van der Waals surface area contributed by atoms with E-state index in [1.165, 1.54) is 35.4 Å². The highest BCUT2D eigenvalue weighted by Gasteiger charge is 2.46. The van der Waals surface area contributed by atoms with E-state index >= 15 is 0 Å². The Labute approximate surface area is 341 Å². The van der Waals surface area contributed by atoms with Crippen molar-refractivity contribution in [2.75, 3.05) is 6.61 Å². The predicted octanol–water partition coefficient (Wildman–Crippen LogP) is 11.2. The van der Waals surface area contributed by atoms with Gasteiger partial charge in [0.2, 0.25) is 11.6 Å². The van der Waals surface area contributed by atoms with Gasteiger partial charge in [0.1, 0.15) is 41.1 Å². The molecule has 6 rings (SSSR count). The first-order valence-electron chi connectivity index (χ1n) is 19.9. The van der Waals surface area contributed by atoms with Gasteiger partial charge in [-0.1, -0.05) is 52.7 Å². The molecule has 2 atom stereocenters. The number of aryl methyl sites for hydroxylation is 2. The van der Waals surface area contributed by atoms with Crippen LogP contribution >= 0.6 is 0 Å². The maximum Gasteiger partial charge on any atom is 0.201 e. The fourth-order valence-electron chi connectivity index (χ4n) is 8.41. The maximum atomic E-state index is 14.5. The van der Waals surface area contributed by atoms with E-state index in [0.717, 1.165) is 36.8 Å². The lowest BCUT2D eigenvalue weighted by molar-refractivity contribution is 0.101. The first-order chi connectivity index (χ1) is 27.5. The normalized spacial score (nSPS) is 15.9. The van der Waals surface area contributed by atoms with Gasteiger partial charge < -0.3 is 30.3 Å². The minimum atomic E-state index is -0.903. The van der Waals surface area contributed by atoms with Gasteiger partial charge >= 0.3 is 0 Å². The van der Waals surface area contributed by atoms with Gasteiger partial charge in [0.25, 0.3) is 0 Å². The predicted molar refractivity (Wildman–Crippen MR) is 228 cm³/mol. The number of aromatic hydroxyl groups is 5. The van der Waals surface area contributed by atoms with E-state index in [2.05, 4.69) is 26.0 Å². The summed E-state index contributed by atoms with van der Waals surface area (Å²) in [6.07, 6.45) is 11.8. The Morgan fingerprint density at radius 3 is 1.52 bits per heavy atom. The van der Waals surface area contributed by atoms with Crippen LogP contribution in [0.3, 0.4) is 0 Å². The van der Waals surface area contributed by atoms with E-state index in [4.69, 9.17) is 4.74 Å². The molecule has 2 aliphatic rings. The van der Waals surface area contributed by atoms with Crippen LogP contribution in [0, 0.1) is 13.8 Å². The highest BCUT2D eigenvalue weighted by molar-refractivity contribution is 6.18. The lowest BCUT2D eigenvalue weighted by Crippen LogP contribution is -2.30. The smallest absolute Gasteiger partial charge is 0.201 e. The Bertz CT molecular complexity index is 2450. The summed E-state index contributed by atoms with van der Waals surface area (Å²) in [7, 11) is 0. The summed E-state index contributed by atoms with van der Waals surface area (Å²) >= 11 is 0. The summed E-state index contributed by atoms with van der Waals surface area (Å²) in [6.45, 7) is 16.0. The van der Waals surface area contributed by atoms with Gasteiger partial charge in [0, 0.05) is 23.5 Å². The number of ketones is 2. The molecule has 0 unspecified atom stereocenters. The lowest BCUT2D eigenvalue weighted by atomic mass is 9.63. The van der Waals surface area contributed by atoms with Crippen molar-refractivity contribution in [1.82, 2.24) is 0 Å². The first kappa shape index (κ1) is 41.6. The molecule has 2 aliphatic carbocycles. The third-order valence-corrected chi connectivity index (χ3v) is 11.2. The number of rotatable bonds is 12. The van der Waals surface area contributed by atoms with E-state index in [-0.39, 0.29) is 69.4 Å². The largest absolute Gasteiger partial charge is 0.508 e. The van der Waals surface area contributed by atoms with Gasteiger partial charge in [0.15, 0.2) is 0 Å². The number of phenolic OH excluding ortho intramolecular Hbond substituents is 5. The van der Waals surface area contributed by atoms with Crippen LogP contribution < -0.4 is 4.74 Å². The van der Waals surface area contributed by atoms with Crippen LogP contribution in [0.1, 0.15) is 150 Å². The van der Waals surface area contributed by atoms with Gasteiger partial charge in [-0.15, -0.1) is 0 Å². The molecule has 0 aromatic heterocycles. The van der Waals surface area contributed by atoms with Crippen LogP contribution in [-0.2, 0) is 6.42 Å². The van der Waals surface area contributed by atoms with E-state index < -0.39 is 29.2 Å². The molecule has 4 aromatic rings. The zero-order chi connectivity index (χ0) is 42.2. The van der Waals surface area contributed by atoms with Crippen molar-refractivity contribution in [1.29, 1.82) is 0 Å². The average molecular weight is 783 g/mol. The Balaban J connectivity index is 1.56. The summed E-state index contributed by atoms with van der Waals surface area (Å²) in [4.78, 5) is 28.9. The molecule has 5 N–H and O–H groups in total. The summed E-state index contributed by atoms with van der Waals surface area (Å²) < 4.78 is 6.19. The highest BCUT2D eigenvalue weighted by Crippen LogP contribution is 2.57. The minimum absolute atomic E-state index is 0.00217. The third kappa shape index (κ3) is 8.19. The van der Waals surface area contributed by atoms with Crippen molar-refractivity contribution in [2.45, 2.75) is 99.3 Å². The standard InChI is InChI=1S/C50H54O8/c1-26(2)11-9-13-28(5)15-16-33-38(51)25-37-43(35-20-31(8)22-40(53)45(35)50(57)47(37)48(33)55)42-34-19-30(7)21-39(52)44(34)49(56)46-36(42)23-32(24-41(46)54)58-18-17-29(6)14-10-12-27(3)4/h11-12,15,17,19-25,42-43,51-55H,9-10,13-14,16,18H2,1-8H3/b28-15+,29-17+/t42-,43+/m0/s1. The first-order valence-corrected chi connectivity index (χ1v) is 19.9.